The summed E-state index contributed by atoms with van der Waals surface area (Å²) in [5, 5.41) is 2.18. The molecule has 2 rings (SSSR count). The molecule has 116 valence electrons. The van der Waals surface area contributed by atoms with E-state index < -0.39 is 17.8 Å². The first-order valence-electron chi connectivity index (χ1n) is 6.94. The number of ether oxygens (including phenoxy) is 2. The molecule has 0 radical (unpaired) electrons. The lowest BCUT2D eigenvalue weighted by Crippen LogP contribution is -2.38. The van der Waals surface area contributed by atoms with E-state index in [0.29, 0.717) is 4.47 Å². The highest BCUT2D eigenvalue weighted by Crippen LogP contribution is 2.35. The second-order valence-corrected chi connectivity index (χ2v) is 7.03. The molecule has 1 saturated carbocycles. The van der Waals surface area contributed by atoms with Crippen LogP contribution in [0.2, 0.25) is 0 Å². The Labute approximate surface area is 138 Å². The predicted molar refractivity (Wildman–Crippen MR) is 90.3 cm³/mol. The van der Waals surface area contributed by atoms with Gasteiger partial charge >= 0.3 is 6.61 Å². The largest absolute Gasteiger partial charge is 0.513 e. The Bertz CT molecular complexity index is 579. The molecule has 1 aliphatic carbocycles. The van der Waals surface area contributed by atoms with Gasteiger partial charge in [0.1, 0.15) is 40.6 Å². The summed E-state index contributed by atoms with van der Waals surface area (Å²) in [4.78, 5) is 12.4. The van der Waals surface area contributed by atoms with Crippen molar-refractivity contribution in [3.05, 3.63) is 22.2 Å². The van der Waals surface area contributed by atoms with Crippen LogP contribution < -0.4 is 14.8 Å². The standard InChI is InChI=1S/C12H15B3BrF2NO3/c13-12(14,15)22-8-4-5(16)3-7(21-11(17)18)9(8)10(20)19-6-1-2-6/h3-4,6,11H,1-2,13-15H2,(H,19,20). The van der Waals surface area contributed by atoms with Crippen LogP contribution >= 0.6 is 15.9 Å². The van der Waals surface area contributed by atoms with E-state index >= 15 is 0 Å². The summed E-state index contributed by atoms with van der Waals surface area (Å²) in [6.07, 6.45) is 1.78. The molecule has 0 unspecified atom stereocenters. The van der Waals surface area contributed by atoms with Crippen molar-refractivity contribution in [2.24, 2.45) is 0 Å². The maximum absolute atomic E-state index is 12.6. The fourth-order valence-electron chi connectivity index (χ4n) is 1.87. The lowest BCUT2D eigenvalue weighted by molar-refractivity contribution is -0.0503. The third-order valence-corrected chi connectivity index (χ3v) is 3.26. The highest BCUT2D eigenvalue weighted by Gasteiger charge is 2.29. The van der Waals surface area contributed by atoms with Crippen molar-refractivity contribution in [3.8, 4) is 11.5 Å². The first-order valence-corrected chi connectivity index (χ1v) is 7.73. The first kappa shape index (κ1) is 17.2. The normalized spacial score (nSPS) is 14.7. The van der Waals surface area contributed by atoms with Crippen LogP contribution in [0, 0.1) is 0 Å². The van der Waals surface area contributed by atoms with E-state index in [1.165, 1.54) is 6.07 Å². The summed E-state index contributed by atoms with van der Waals surface area (Å²) < 4.78 is 36.0. The maximum atomic E-state index is 12.6. The summed E-state index contributed by atoms with van der Waals surface area (Å²) in [6.45, 7) is -3.02. The smallest absolute Gasteiger partial charge is 0.387 e. The van der Waals surface area contributed by atoms with Crippen LogP contribution in [0.5, 0.6) is 11.5 Å². The summed E-state index contributed by atoms with van der Waals surface area (Å²) >= 11 is 3.22. The molecule has 10 heteroatoms. The number of alkyl halides is 2. The number of carbonyl (C=O) groups is 1. The van der Waals surface area contributed by atoms with Gasteiger partial charge in [-0.25, -0.2) is 0 Å². The van der Waals surface area contributed by atoms with Gasteiger partial charge in [0.05, 0.1) is 0 Å². The highest BCUT2D eigenvalue weighted by molar-refractivity contribution is 9.10. The molecule has 0 aliphatic heterocycles. The summed E-state index contributed by atoms with van der Waals surface area (Å²) in [7, 11) is 5.43. The van der Waals surface area contributed by atoms with Crippen molar-refractivity contribution in [1.82, 2.24) is 5.32 Å². The zero-order valence-corrected chi connectivity index (χ0v) is 14.2. The van der Waals surface area contributed by atoms with Gasteiger partial charge in [0.2, 0.25) is 0 Å². The molecule has 1 fully saturated rings. The summed E-state index contributed by atoms with van der Waals surface area (Å²) in [6, 6.07) is 3.01. The van der Waals surface area contributed by atoms with Crippen molar-refractivity contribution in [2.75, 3.05) is 0 Å². The quantitative estimate of drug-likeness (QED) is 0.707. The number of carbonyl (C=O) groups excluding carboxylic acids is 1. The third-order valence-electron chi connectivity index (χ3n) is 2.80. The van der Waals surface area contributed by atoms with Crippen LogP contribution in [0.15, 0.2) is 16.6 Å². The number of nitrogens with one attached hydrogen (secondary N) is 1. The van der Waals surface area contributed by atoms with Crippen molar-refractivity contribution in [2.45, 2.75) is 30.8 Å². The average molecular weight is 372 g/mol. The highest BCUT2D eigenvalue weighted by atomic mass is 79.9. The van der Waals surface area contributed by atoms with Crippen molar-refractivity contribution in [1.29, 1.82) is 0 Å². The van der Waals surface area contributed by atoms with E-state index in [0.717, 1.165) is 12.8 Å². The van der Waals surface area contributed by atoms with E-state index in [9.17, 15) is 13.6 Å². The van der Waals surface area contributed by atoms with Gasteiger partial charge in [-0.2, -0.15) is 8.78 Å². The molecule has 0 spiro atoms. The number of rotatable bonds is 6. The summed E-state index contributed by atoms with van der Waals surface area (Å²) in [5.74, 6) is -0.470. The fourth-order valence-corrected chi connectivity index (χ4v) is 2.28. The maximum Gasteiger partial charge on any atom is 0.387 e. The number of halogens is 3. The predicted octanol–water partition coefficient (Wildman–Crippen LogP) is -0.168. The Morgan fingerprint density at radius 3 is 2.41 bits per heavy atom. The molecular weight excluding hydrogens is 356 g/mol. The minimum atomic E-state index is -3.02. The molecule has 0 heterocycles. The van der Waals surface area contributed by atoms with Gasteiger partial charge in [-0.05, 0) is 25.0 Å². The van der Waals surface area contributed by atoms with Crippen molar-refractivity contribution >= 4 is 45.4 Å². The van der Waals surface area contributed by atoms with E-state index in [2.05, 4.69) is 26.0 Å². The zero-order chi connectivity index (χ0) is 16.5. The number of benzene rings is 1. The molecule has 0 aromatic heterocycles. The number of hydrogen-bond acceptors (Lipinski definition) is 3. The van der Waals surface area contributed by atoms with Gasteiger partial charge in [-0.3, -0.25) is 4.79 Å². The van der Waals surface area contributed by atoms with E-state index in [4.69, 9.17) is 4.74 Å². The minimum Gasteiger partial charge on any atom is -0.513 e. The van der Waals surface area contributed by atoms with Gasteiger partial charge in [0.25, 0.3) is 5.91 Å². The van der Waals surface area contributed by atoms with Crippen LogP contribution in [-0.4, -0.2) is 47.4 Å². The van der Waals surface area contributed by atoms with Crippen molar-refractivity contribution < 1.29 is 23.0 Å². The van der Waals surface area contributed by atoms with E-state index in [-0.39, 0.29) is 23.1 Å². The van der Waals surface area contributed by atoms with Gasteiger partial charge in [-0.1, -0.05) is 15.9 Å². The van der Waals surface area contributed by atoms with Gasteiger partial charge in [-0.15, -0.1) is 0 Å². The van der Waals surface area contributed by atoms with Gasteiger partial charge in [0, 0.05) is 15.8 Å². The SMILES string of the molecule is BC(B)(B)Oc1cc(Br)cc(OC(F)F)c1C(=O)NC1CC1. The minimum absolute atomic E-state index is 0.00896. The Morgan fingerprint density at radius 1 is 1.32 bits per heavy atom. The average Bonchev–Trinajstić information content (AvgIpc) is 3.08. The van der Waals surface area contributed by atoms with Crippen LogP contribution in [0.3, 0.4) is 0 Å². The molecule has 1 N–H and O–H groups in total. The molecule has 0 bridgehead atoms. The first-order chi connectivity index (χ1) is 10.2. The second kappa shape index (κ2) is 6.52. The van der Waals surface area contributed by atoms with Crippen LogP contribution in [-0.2, 0) is 0 Å². The van der Waals surface area contributed by atoms with Gasteiger partial charge in [0.15, 0.2) is 0 Å². The third kappa shape index (κ3) is 4.93. The summed E-state index contributed by atoms with van der Waals surface area (Å²) in [5.41, 5.74) is -0.00896. The van der Waals surface area contributed by atoms with Crippen LogP contribution in [0.1, 0.15) is 23.2 Å². The Hall–Kier alpha value is -1.18. The molecule has 4 nitrogen and oxygen atoms in total. The lowest BCUT2D eigenvalue weighted by Gasteiger charge is -2.25. The zero-order valence-electron chi connectivity index (χ0n) is 12.6. The fraction of sp³-hybridized carbons (Fsp3) is 0.417. The molecule has 1 aromatic rings. The van der Waals surface area contributed by atoms with E-state index in [1.54, 1.807) is 6.07 Å². The van der Waals surface area contributed by atoms with Gasteiger partial charge < -0.3 is 14.8 Å². The molecule has 1 amide bonds. The van der Waals surface area contributed by atoms with Crippen LogP contribution in [0.25, 0.3) is 0 Å². The molecule has 1 aromatic carbocycles. The Morgan fingerprint density at radius 2 is 1.91 bits per heavy atom. The molecular formula is C12H15B3BrF2NO3. The van der Waals surface area contributed by atoms with Crippen LogP contribution in [0.4, 0.5) is 8.78 Å². The molecule has 1 aliphatic rings. The monoisotopic (exact) mass is 371 g/mol. The van der Waals surface area contributed by atoms with Crippen molar-refractivity contribution in [3.63, 3.8) is 0 Å². The Balaban J connectivity index is 2.43. The molecule has 0 atom stereocenters. The molecule has 22 heavy (non-hydrogen) atoms. The topological polar surface area (TPSA) is 47.6 Å². The Kier molecular flexibility index (Phi) is 5.09. The second-order valence-electron chi connectivity index (χ2n) is 6.12. The lowest BCUT2D eigenvalue weighted by atomic mass is 9.52. The van der Waals surface area contributed by atoms with E-state index in [1.807, 2.05) is 23.5 Å². The number of amides is 1. The number of hydrogen-bond donors (Lipinski definition) is 1. The molecule has 0 saturated heterocycles.